The monoisotopic (exact) mass is 302 g/mol. The lowest BCUT2D eigenvalue weighted by molar-refractivity contribution is -0.153. The SMILES string of the molecule is CCOC(=O)C(=O)CC(=O)c1c[nH]n(-c2ccccc2)c1=O. The predicted molar refractivity (Wildman–Crippen MR) is 77.0 cm³/mol. The zero-order chi connectivity index (χ0) is 16.1. The van der Waals surface area contributed by atoms with Crippen LogP contribution in [0.5, 0.6) is 0 Å². The normalized spacial score (nSPS) is 10.2. The number of hydrogen-bond donors (Lipinski definition) is 1. The van der Waals surface area contributed by atoms with Crippen LogP contribution in [0.3, 0.4) is 0 Å². The summed E-state index contributed by atoms with van der Waals surface area (Å²) in [7, 11) is 0. The third-order valence-corrected chi connectivity index (χ3v) is 2.91. The van der Waals surface area contributed by atoms with Crippen molar-refractivity contribution < 1.29 is 19.1 Å². The van der Waals surface area contributed by atoms with Crippen molar-refractivity contribution in [3.05, 3.63) is 52.4 Å². The number of hydrogen-bond acceptors (Lipinski definition) is 5. The quantitative estimate of drug-likeness (QED) is 0.369. The molecule has 0 bridgehead atoms. The maximum atomic E-state index is 12.2. The first-order chi connectivity index (χ1) is 10.5. The summed E-state index contributed by atoms with van der Waals surface area (Å²) < 4.78 is 5.70. The molecule has 2 aromatic rings. The number of carbonyl (C=O) groups is 3. The molecule has 0 saturated heterocycles. The van der Waals surface area contributed by atoms with E-state index in [1.165, 1.54) is 10.9 Å². The van der Waals surface area contributed by atoms with Gasteiger partial charge < -0.3 is 4.74 Å². The lowest BCUT2D eigenvalue weighted by Crippen LogP contribution is -2.24. The second-order valence-corrected chi connectivity index (χ2v) is 4.41. The van der Waals surface area contributed by atoms with E-state index >= 15 is 0 Å². The molecule has 0 saturated carbocycles. The summed E-state index contributed by atoms with van der Waals surface area (Å²) in [5, 5.41) is 2.65. The van der Waals surface area contributed by atoms with Crippen LogP contribution in [0.1, 0.15) is 23.7 Å². The Kier molecular flexibility index (Phi) is 4.67. The van der Waals surface area contributed by atoms with Crippen molar-refractivity contribution in [1.82, 2.24) is 9.78 Å². The van der Waals surface area contributed by atoms with Crippen LogP contribution < -0.4 is 5.56 Å². The van der Waals surface area contributed by atoms with E-state index in [-0.39, 0.29) is 12.2 Å². The first kappa shape index (κ1) is 15.4. The molecule has 114 valence electrons. The predicted octanol–water partition coefficient (Wildman–Crippen LogP) is 0.871. The molecule has 0 unspecified atom stereocenters. The Bertz CT molecular complexity index is 758. The number of esters is 1. The van der Waals surface area contributed by atoms with Gasteiger partial charge >= 0.3 is 5.97 Å². The molecule has 1 aromatic carbocycles. The molecular formula is C15H14N2O5. The van der Waals surface area contributed by atoms with Gasteiger partial charge in [-0.1, -0.05) is 18.2 Å². The van der Waals surface area contributed by atoms with E-state index in [1.54, 1.807) is 37.3 Å². The molecule has 1 aromatic heterocycles. The van der Waals surface area contributed by atoms with E-state index in [4.69, 9.17) is 0 Å². The summed E-state index contributed by atoms with van der Waals surface area (Å²) in [5.41, 5.74) is -0.197. The summed E-state index contributed by atoms with van der Waals surface area (Å²) in [5.74, 6) is -2.78. The fourth-order valence-electron chi connectivity index (χ4n) is 1.86. The highest BCUT2D eigenvalue weighted by Crippen LogP contribution is 2.05. The van der Waals surface area contributed by atoms with Crippen LogP contribution >= 0.6 is 0 Å². The van der Waals surface area contributed by atoms with Crippen LogP contribution in [-0.4, -0.2) is 33.9 Å². The van der Waals surface area contributed by atoms with Crippen molar-refractivity contribution in [2.24, 2.45) is 0 Å². The van der Waals surface area contributed by atoms with Gasteiger partial charge in [0.1, 0.15) is 5.56 Å². The first-order valence-corrected chi connectivity index (χ1v) is 6.63. The minimum atomic E-state index is -1.07. The number of rotatable bonds is 6. The van der Waals surface area contributed by atoms with Crippen molar-refractivity contribution in [3.63, 3.8) is 0 Å². The average molecular weight is 302 g/mol. The van der Waals surface area contributed by atoms with Crippen LogP contribution in [0.15, 0.2) is 41.3 Å². The van der Waals surface area contributed by atoms with Crippen LogP contribution in [0.2, 0.25) is 0 Å². The molecule has 0 aliphatic carbocycles. The van der Waals surface area contributed by atoms with Gasteiger partial charge in [0.25, 0.3) is 5.56 Å². The summed E-state index contributed by atoms with van der Waals surface area (Å²) >= 11 is 0. The number of ether oxygens (including phenoxy) is 1. The molecule has 0 radical (unpaired) electrons. The van der Waals surface area contributed by atoms with Crippen molar-refractivity contribution in [3.8, 4) is 5.69 Å². The van der Waals surface area contributed by atoms with E-state index < -0.39 is 29.5 Å². The topological polar surface area (TPSA) is 98.2 Å². The molecule has 0 fully saturated rings. The molecule has 22 heavy (non-hydrogen) atoms. The van der Waals surface area contributed by atoms with Gasteiger partial charge in [0, 0.05) is 6.20 Å². The van der Waals surface area contributed by atoms with E-state index in [0.717, 1.165) is 0 Å². The van der Waals surface area contributed by atoms with Crippen molar-refractivity contribution in [1.29, 1.82) is 0 Å². The fraction of sp³-hybridized carbons (Fsp3) is 0.200. The van der Waals surface area contributed by atoms with Gasteiger partial charge in [0.05, 0.1) is 18.7 Å². The van der Waals surface area contributed by atoms with Gasteiger partial charge in [-0.15, -0.1) is 0 Å². The van der Waals surface area contributed by atoms with E-state index in [1.807, 2.05) is 0 Å². The maximum Gasteiger partial charge on any atom is 0.375 e. The van der Waals surface area contributed by atoms with Crippen molar-refractivity contribution in [2.75, 3.05) is 6.61 Å². The minimum absolute atomic E-state index is 0.0454. The smallest absolute Gasteiger partial charge is 0.375 e. The molecule has 0 atom stereocenters. The second-order valence-electron chi connectivity index (χ2n) is 4.41. The number of aromatic amines is 1. The van der Waals surface area contributed by atoms with Crippen LogP contribution in [0.25, 0.3) is 5.69 Å². The fourth-order valence-corrected chi connectivity index (χ4v) is 1.86. The highest BCUT2D eigenvalue weighted by atomic mass is 16.5. The molecule has 2 rings (SSSR count). The van der Waals surface area contributed by atoms with E-state index in [0.29, 0.717) is 5.69 Å². The van der Waals surface area contributed by atoms with Crippen molar-refractivity contribution >= 4 is 17.5 Å². The van der Waals surface area contributed by atoms with Gasteiger partial charge in [-0.25, -0.2) is 9.48 Å². The molecule has 7 heteroatoms. The summed E-state index contributed by atoms with van der Waals surface area (Å²) in [6.45, 7) is 1.60. The Hall–Kier alpha value is -2.96. The lowest BCUT2D eigenvalue weighted by Gasteiger charge is -2.00. The second kappa shape index (κ2) is 6.66. The van der Waals surface area contributed by atoms with Gasteiger partial charge in [-0.05, 0) is 19.1 Å². The number of nitrogens with zero attached hydrogens (tertiary/aromatic N) is 1. The van der Waals surface area contributed by atoms with Gasteiger partial charge in [0.2, 0.25) is 5.78 Å². The van der Waals surface area contributed by atoms with E-state index in [9.17, 15) is 19.2 Å². The maximum absolute atomic E-state index is 12.2. The van der Waals surface area contributed by atoms with Crippen molar-refractivity contribution in [2.45, 2.75) is 13.3 Å². The highest BCUT2D eigenvalue weighted by molar-refractivity contribution is 6.38. The third-order valence-electron chi connectivity index (χ3n) is 2.91. The van der Waals surface area contributed by atoms with Gasteiger partial charge in [-0.2, -0.15) is 0 Å². The number of nitrogens with one attached hydrogen (secondary N) is 1. The highest BCUT2D eigenvalue weighted by Gasteiger charge is 2.23. The number of benzene rings is 1. The Morgan fingerprint density at radius 1 is 1.18 bits per heavy atom. The van der Waals surface area contributed by atoms with Gasteiger partial charge in [-0.3, -0.25) is 19.5 Å². The van der Waals surface area contributed by atoms with Crippen LogP contribution in [0, 0.1) is 0 Å². The Morgan fingerprint density at radius 2 is 1.86 bits per heavy atom. The number of Topliss-reactive ketones (excluding diaryl/α,β-unsaturated/α-hetero) is 2. The summed E-state index contributed by atoms with van der Waals surface area (Å²) in [6.07, 6.45) is 0.525. The zero-order valence-corrected chi connectivity index (χ0v) is 11.9. The standard InChI is InChI=1S/C15H14N2O5/c1-2-22-15(21)13(19)8-12(18)11-9-16-17(14(11)20)10-6-4-3-5-7-10/h3-7,9,16H,2,8H2,1H3. The Balaban J connectivity index is 2.19. The number of ketones is 2. The molecule has 7 nitrogen and oxygen atoms in total. The molecule has 1 N–H and O–H groups in total. The molecule has 1 heterocycles. The zero-order valence-electron chi connectivity index (χ0n) is 11.9. The Morgan fingerprint density at radius 3 is 2.50 bits per heavy atom. The molecule has 0 spiro atoms. The Labute approximate surface area is 125 Å². The first-order valence-electron chi connectivity index (χ1n) is 6.63. The molecule has 0 amide bonds. The number of H-pyrrole nitrogens is 1. The number of para-hydroxylation sites is 1. The molecule has 0 aliphatic rings. The molecule has 0 aliphatic heterocycles. The summed E-state index contributed by atoms with van der Waals surface area (Å²) in [6, 6.07) is 8.66. The minimum Gasteiger partial charge on any atom is -0.460 e. The number of aromatic nitrogens is 2. The van der Waals surface area contributed by atoms with E-state index in [2.05, 4.69) is 9.84 Å². The largest absolute Gasteiger partial charge is 0.460 e. The number of carbonyl (C=O) groups excluding carboxylic acids is 3. The average Bonchev–Trinajstić information content (AvgIpc) is 2.90. The van der Waals surface area contributed by atoms with Crippen LogP contribution in [-0.2, 0) is 14.3 Å². The lowest BCUT2D eigenvalue weighted by atomic mass is 10.1. The van der Waals surface area contributed by atoms with Gasteiger partial charge in [0.15, 0.2) is 5.78 Å². The van der Waals surface area contributed by atoms with Crippen LogP contribution in [0.4, 0.5) is 0 Å². The third kappa shape index (κ3) is 3.20. The summed E-state index contributed by atoms with van der Waals surface area (Å²) in [4.78, 5) is 46.8. The molecular weight excluding hydrogens is 288 g/mol.